The number of hydrogen-bond acceptors (Lipinski definition) is 8. The Hall–Kier alpha value is -3.31. The van der Waals surface area contributed by atoms with E-state index in [-0.39, 0.29) is 33.7 Å². The van der Waals surface area contributed by atoms with Crippen molar-refractivity contribution < 1.29 is 32.3 Å². The van der Waals surface area contributed by atoms with E-state index in [2.05, 4.69) is 10.3 Å². The van der Waals surface area contributed by atoms with Gasteiger partial charge in [0.15, 0.2) is 0 Å². The molecular formula is C24H29N3O7S. The van der Waals surface area contributed by atoms with Crippen molar-refractivity contribution in [1.29, 1.82) is 0 Å². The van der Waals surface area contributed by atoms with Crippen LogP contribution >= 0.6 is 0 Å². The van der Waals surface area contributed by atoms with Crippen LogP contribution in [0.25, 0.3) is 0 Å². The van der Waals surface area contributed by atoms with E-state index in [1.165, 1.54) is 36.4 Å². The summed E-state index contributed by atoms with van der Waals surface area (Å²) in [5.74, 6) is -1.84. The van der Waals surface area contributed by atoms with E-state index >= 15 is 0 Å². The Kier molecular flexibility index (Phi) is 9.32. The number of pyridine rings is 1. The Labute approximate surface area is 204 Å². The number of carbonyl (C=O) groups is 3. The van der Waals surface area contributed by atoms with Crippen LogP contribution in [0.15, 0.2) is 47.5 Å². The number of esters is 1. The number of sulfonamides is 1. The Morgan fingerprint density at radius 3 is 2.29 bits per heavy atom. The monoisotopic (exact) mass is 503 g/mol. The quantitative estimate of drug-likeness (QED) is 0.372. The van der Waals surface area contributed by atoms with Gasteiger partial charge in [-0.25, -0.2) is 22.9 Å². The predicted molar refractivity (Wildman–Crippen MR) is 126 cm³/mol. The number of nitrogens with one attached hydrogen (secondary N) is 2. The zero-order chi connectivity index (χ0) is 25.3. The molecule has 1 aromatic carbocycles. The van der Waals surface area contributed by atoms with Crippen molar-refractivity contribution in [3.05, 3.63) is 59.4 Å². The van der Waals surface area contributed by atoms with Gasteiger partial charge in [0.2, 0.25) is 0 Å². The summed E-state index contributed by atoms with van der Waals surface area (Å²) < 4.78 is 37.7. The van der Waals surface area contributed by atoms with Crippen LogP contribution in [-0.4, -0.2) is 57.0 Å². The van der Waals surface area contributed by atoms with E-state index in [0.717, 1.165) is 38.3 Å². The van der Waals surface area contributed by atoms with Crippen molar-refractivity contribution in [2.45, 2.75) is 50.0 Å². The van der Waals surface area contributed by atoms with Gasteiger partial charge in [-0.2, -0.15) is 0 Å². The van der Waals surface area contributed by atoms with Gasteiger partial charge >= 0.3 is 5.97 Å². The lowest BCUT2D eigenvalue weighted by Crippen LogP contribution is -2.31. The fraction of sp³-hybridized carbons (Fsp3) is 0.417. The second kappa shape index (κ2) is 12.4. The highest BCUT2D eigenvalue weighted by molar-refractivity contribution is 7.90. The van der Waals surface area contributed by atoms with E-state index in [1.54, 1.807) is 0 Å². The molecule has 0 saturated heterocycles. The average Bonchev–Trinajstić information content (AvgIpc) is 2.87. The van der Waals surface area contributed by atoms with Crippen molar-refractivity contribution >= 4 is 27.8 Å². The van der Waals surface area contributed by atoms with Crippen LogP contribution < -0.4 is 10.0 Å². The van der Waals surface area contributed by atoms with Gasteiger partial charge in [-0.3, -0.25) is 9.59 Å². The Morgan fingerprint density at radius 1 is 0.971 bits per heavy atom. The molecular weight excluding hydrogens is 474 g/mol. The van der Waals surface area contributed by atoms with Crippen LogP contribution in [-0.2, 0) is 19.5 Å². The summed E-state index contributed by atoms with van der Waals surface area (Å²) in [5.41, 5.74) is 0.282. The third-order valence-corrected chi connectivity index (χ3v) is 6.80. The lowest BCUT2D eigenvalue weighted by Gasteiger charge is -2.21. The van der Waals surface area contributed by atoms with E-state index in [1.807, 2.05) is 11.6 Å². The van der Waals surface area contributed by atoms with Gasteiger partial charge in [0.25, 0.3) is 21.8 Å². The minimum Gasteiger partial charge on any atom is -0.458 e. The zero-order valence-corrected chi connectivity index (χ0v) is 20.3. The fourth-order valence-electron chi connectivity index (χ4n) is 3.55. The molecule has 2 N–H and O–H groups in total. The topological polar surface area (TPSA) is 141 Å². The first-order valence-electron chi connectivity index (χ1n) is 11.5. The second-order valence-electron chi connectivity index (χ2n) is 8.01. The number of rotatable bonds is 10. The third kappa shape index (κ3) is 7.59. The van der Waals surface area contributed by atoms with E-state index in [0.29, 0.717) is 19.8 Å². The van der Waals surface area contributed by atoms with Crippen LogP contribution in [0.5, 0.6) is 0 Å². The van der Waals surface area contributed by atoms with Crippen LogP contribution in [0, 0.1) is 0 Å². The van der Waals surface area contributed by atoms with Crippen molar-refractivity contribution in [2.24, 2.45) is 0 Å². The zero-order valence-electron chi connectivity index (χ0n) is 19.5. The number of carbonyl (C=O) groups excluding carboxylic acids is 3. The normalized spacial score (nSPS) is 14.2. The molecule has 3 rings (SSSR count). The SMILES string of the molecule is CCOCCNC(=O)c1ccc(S(=O)(=O)NC(=O)c2ccc(C(=O)OC3CCCCC3)nc2)cc1. The molecule has 1 saturated carbocycles. The number of amides is 2. The minimum atomic E-state index is -4.19. The third-order valence-electron chi connectivity index (χ3n) is 5.45. The summed E-state index contributed by atoms with van der Waals surface area (Å²) in [4.78, 5) is 40.6. The lowest BCUT2D eigenvalue weighted by molar-refractivity contribution is 0.0204. The molecule has 0 bridgehead atoms. The van der Waals surface area contributed by atoms with E-state index in [4.69, 9.17) is 9.47 Å². The largest absolute Gasteiger partial charge is 0.458 e. The molecule has 1 aromatic heterocycles. The molecule has 0 unspecified atom stereocenters. The molecule has 0 spiro atoms. The maximum atomic E-state index is 12.6. The van der Waals surface area contributed by atoms with Crippen LogP contribution in [0.1, 0.15) is 70.2 Å². The van der Waals surface area contributed by atoms with Crippen LogP contribution in [0.4, 0.5) is 0 Å². The Bertz CT molecular complexity index is 1130. The molecule has 0 atom stereocenters. The van der Waals surface area contributed by atoms with Gasteiger partial charge in [0, 0.05) is 24.9 Å². The number of ether oxygens (including phenoxy) is 2. The molecule has 1 fully saturated rings. The van der Waals surface area contributed by atoms with Gasteiger partial charge in [0.05, 0.1) is 17.1 Å². The number of aromatic nitrogens is 1. The molecule has 11 heteroatoms. The average molecular weight is 504 g/mol. The smallest absolute Gasteiger partial charge is 0.357 e. The fourth-order valence-corrected chi connectivity index (χ4v) is 4.53. The number of nitrogens with zero attached hydrogens (tertiary/aromatic N) is 1. The van der Waals surface area contributed by atoms with Crippen molar-refractivity contribution in [3.8, 4) is 0 Å². The summed E-state index contributed by atoms with van der Waals surface area (Å²) in [6, 6.07) is 7.80. The molecule has 10 nitrogen and oxygen atoms in total. The molecule has 35 heavy (non-hydrogen) atoms. The molecule has 1 aliphatic rings. The highest BCUT2D eigenvalue weighted by atomic mass is 32.2. The van der Waals surface area contributed by atoms with Gasteiger partial charge in [0.1, 0.15) is 11.8 Å². The molecule has 0 aliphatic heterocycles. The van der Waals surface area contributed by atoms with Crippen LogP contribution in [0.3, 0.4) is 0 Å². The van der Waals surface area contributed by atoms with Crippen molar-refractivity contribution in [3.63, 3.8) is 0 Å². The van der Waals surface area contributed by atoms with Crippen molar-refractivity contribution in [1.82, 2.24) is 15.0 Å². The molecule has 1 heterocycles. The Balaban J connectivity index is 1.57. The summed E-state index contributed by atoms with van der Waals surface area (Å²) >= 11 is 0. The molecule has 2 aromatic rings. The maximum Gasteiger partial charge on any atom is 0.357 e. The summed E-state index contributed by atoms with van der Waals surface area (Å²) in [6.45, 7) is 3.09. The first-order valence-corrected chi connectivity index (χ1v) is 13.0. The lowest BCUT2D eigenvalue weighted by atomic mass is 9.98. The van der Waals surface area contributed by atoms with Gasteiger partial charge in [-0.05, 0) is 69.0 Å². The first-order chi connectivity index (χ1) is 16.8. The standard InChI is InChI=1S/C24H29N3O7S/c1-2-33-15-14-25-22(28)17-8-11-20(12-9-17)35(31,32)27-23(29)18-10-13-21(26-16-18)24(30)34-19-6-4-3-5-7-19/h8-13,16,19H,2-7,14-15H2,1H3,(H,25,28)(H,27,29). The molecule has 188 valence electrons. The molecule has 2 amide bonds. The van der Waals surface area contributed by atoms with Crippen LogP contribution in [0.2, 0.25) is 0 Å². The van der Waals surface area contributed by atoms with Gasteiger partial charge in [-0.15, -0.1) is 0 Å². The second-order valence-corrected chi connectivity index (χ2v) is 9.69. The highest BCUT2D eigenvalue weighted by Crippen LogP contribution is 2.21. The summed E-state index contributed by atoms with van der Waals surface area (Å²) in [6.07, 6.45) is 5.81. The number of benzene rings is 1. The van der Waals surface area contributed by atoms with Gasteiger partial charge in [-0.1, -0.05) is 6.42 Å². The van der Waals surface area contributed by atoms with E-state index in [9.17, 15) is 22.8 Å². The minimum absolute atomic E-state index is 0.0342. The number of hydrogen-bond donors (Lipinski definition) is 2. The van der Waals surface area contributed by atoms with Gasteiger partial charge < -0.3 is 14.8 Å². The first kappa shape index (κ1) is 26.3. The van der Waals surface area contributed by atoms with E-state index < -0.39 is 21.9 Å². The summed E-state index contributed by atoms with van der Waals surface area (Å²) in [5, 5.41) is 2.66. The highest BCUT2D eigenvalue weighted by Gasteiger charge is 2.22. The predicted octanol–water partition coefficient (Wildman–Crippen LogP) is 2.46. The Morgan fingerprint density at radius 2 is 1.66 bits per heavy atom. The summed E-state index contributed by atoms with van der Waals surface area (Å²) in [7, 11) is -4.19. The molecule has 0 radical (unpaired) electrons. The molecule has 1 aliphatic carbocycles. The maximum absolute atomic E-state index is 12.6. The van der Waals surface area contributed by atoms with Crippen molar-refractivity contribution in [2.75, 3.05) is 19.8 Å².